The van der Waals surface area contributed by atoms with Crippen molar-refractivity contribution in [3.05, 3.63) is 64.5 Å². The third-order valence-corrected chi connectivity index (χ3v) is 3.47. The number of nitro groups is 1. The SMILES string of the molecule is CN(C)Cc1ccc(-c2cccc(Nc3[nH]ccc3[N+](=O)[O-])c2)o1. The molecule has 0 aliphatic heterocycles. The number of H-pyrrole nitrogens is 1. The molecule has 0 aliphatic rings. The number of nitrogens with zero attached hydrogens (tertiary/aromatic N) is 2. The summed E-state index contributed by atoms with van der Waals surface area (Å²) >= 11 is 0. The van der Waals surface area contributed by atoms with Gasteiger partial charge in [0, 0.05) is 23.5 Å². The maximum atomic E-state index is 11.0. The lowest BCUT2D eigenvalue weighted by atomic mass is 10.1. The first-order valence-electron chi connectivity index (χ1n) is 7.45. The zero-order valence-corrected chi connectivity index (χ0v) is 13.4. The highest BCUT2D eigenvalue weighted by molar-refractivity contribution is 5.70. The van der Waals surface area contributed by atoms with Gasteiger partial charge in [-0.25, -0.2) is 0 Å². The molecule has 0 unspecified atom stereocenters. The standard InChI is InChI=1S/C17H18N4O3/c1-20(2)11-14-6-7-16(24-14)12-4-3-5-13(10-12)19-17-15(21(22)23)8-9-18-17/h3-10,18-19H,11H2,1-2H3. The number of aromatic nitrogens is 1. The van der Waals surface area contributed by atoms with Gasteiger partial charge in [0.15, 0.2) is 5.82 Å². The molecule has 0 fully saturated rings. The Kier molecular flexibility index (Phi) is 4.35. The Bertz CT molecular complexity index is 851. The van der Waals surface area contributed by atoms with E-state index in [1.54, 1.807) is 0 Å². The summed E-state index contributed by atoms with van der Waals surface area (Å²) in [5.74, 6) is 2.00. The summed E-state index contributed by atoms with van der Waals surface area (Å²) < 4.78 is 5.85. The molecule has 2 aromatic heterocycles. The van der Waals surface area contributed by atoms with E-state index in [9.17, 15) is 10.1 Å². The van der Waals surface area contributed by atoms with Gasteiger partial charge in [0.05, 0.1) is 11.5 Å². The minimum absolute atomic E-state index is 0.00618. The van der Waals surface area contributed by atoms with E-state index >= 15 is 0 Å². The lowest BCUT2D eigenvalue weighted by Gasteiger charge is -2.07. The predicted octanol–water partition coefficient (Wildman–Crippen LogP) is 3.99. The van der Waals surface area contributed by atoms with Gasteiger partial charge in [0.25, 0.3) is 0 Å². The van der Waals surface area contributed by atoms with Crippen molar-refractivity contribution in [3.8, 4) is 11.3 Å². The van der Waals surface area contributed by atoms with Crippen molar-refractivity contribution in [2.45, 2.75) is 6.54 Å². The number of benzene rings is 1. The van der Waals surface area contributed by atoms with E-state index < -0.39 is 4.92 Å². The maximum Gasteiger partial charge on any atom is 0.311 e. The molecule has 1 aromatic carbocycles. The molecule has 0 saturated carbocycles. The lowest BCUT2D eigenvalue weighted by molar-refractivity contribution is -0.383. The molecule has 0 amide bonds. The molecule has 0 atom stereocenters. The van der Waals surface area contributed by atoms with Crippen LogP contribution in [0.15, 0.2) is 53.1 Å². The molecule has 3 rings (SSSR count). The second-order valence-electron chi connectivity index (χ2n) is 5.70. The Morgan fingerprint density at radius 3 is 2.83 bits per heavy atom. The van der Waals surface area contributed by atoms with Crippen LogP contribution in [0.4, 0.5) is 17.2 Å². The molecule has 2 heterocycles. The van der Waals surface area contributed by atoms with Crippen LogP contribution in [0.3, 0.4) is 0 Å². The van der Waals surface area contributed by atoms with Crippen molar-refractivity contribution in [2.75, 3.05) is 19.4 Å². The van der Waals surface area contributed by atoms with Crippen molar-refractivity contribution < 1.29 is 9.34 Å². The van der Waals surface area contributed by atoms with Crippen molar-refractivity contribution in [3.63, 3.8) is 0 Å². The maximum absolute atomic E-state index is 11.0. The molecule has 0 spiro atoms. The third kappa shape index (κ3) is 3.47. The summed E-state index contributed by atoms with van der Waals surface area (Å²) in [5, 5.41) is 14.0. The number of aromatic amines is 1. The van der Waals surface area contributed by atoms with Crippen molar-refractivity contribution in [2.24, 2.45) is 0 Å². The van der Waals surface area contributed by atoms with Crippen LogP contribution in [0.25, 0.3) is 11.3 Å². The average molecular weight is 326 g/mol. The number of furan rings is 1. The lowest BCUT2D eigenvalue weighted by Crippen LogP contribution is -2.09. The van der Waals surface area contributed by atoms with Crippen molar-refractivity contribution in [1.82, 2.24) is 9.88 Å². The van der Waals surface area contributed by atoms with Crippen LogP contribution in [0.2, 0.25) is 0 Å². The van der Waals surface area contributed by atoms with E-state index in [1.807, 2.05) is 55.4 Å². The van der Waals surface area contributed by atoms with Gasteiger partial charge in [0.2, 0.25) is 0 Å². The highest BCUT2D eigenvalue weighted by atomic mass is 16.6. The van der Waals surface area contributed by atoms with E-state index in [4.69, 9.17) is 4.42 Å². The number of hydrogen-bond acceptors (Lipinski definition) is 5. The Labute approximate surface area is 139 Å². The second-order valence-corrected chi connectivity index (χ2v) is 5.70. The van der Waals surface area contributed by atoms with E-state index in [-0.39, 0.29) is 5.69 Å². The molecule has 0 radical (unpaired) electrons. The minimum atomic E-state index is -0.428. The first-order valence-corrected chi connectivity index (χ1v) is 7.45. The summed E-state index contributed by atoms with van der Waals surface area (Å²) in [4.78, 5) is 15.4. The van der Waals surface area contributed by atoms with E-state index in [2.05, 4.69) is 10.3 Å². The molecule has 2 N–H and O–H groups in total. The largest absolute Gasteiger partial charge is 0.460 e. The molecule has 0 saturated heterocycles. The van der Waals surface area contributed by atoms with Gasteiger partial charge in [0.1, 0.15) is 11.5 Å². The van der Waals surface area contributed by atoms with Crippen molar-refractivity contribution in [1.29, 1.82) is 0 Å². The van der Waals surface area contributed by atoms with Crippen LogP contribution in [0, 0.1) is 10.1 Å². The number of anilines is 2. The van der Waals surface area contributed by atoms with Gasteiger partial charge in [-0.15, -0.1) is 0 Å². The highest BCUT2D eigenvalue weighted by Gasteiger charge is 2.15. The van der Waals surface area contributed by atoms with Gasteiger partial charge in [-0.2, -0.15) is 0 Å². The van der Waals surface area contributed by atoms with Crippen LogP contribution in [-0.4, -0.2) is 28.9 Å². The summed E-state index contributed by atoms with van der Waals surface area (Å²) in [6.45, 7) is 0.729. The predicted molar refractivity (Wildman–Crippen MR) is 92.3 cm³/mol. The fourth-order valence-corrected chi connectivity index (χ4v) is 2.44. The molecule has 124 valence electrons. The Morgan fingerprint density at radius 1 is 1.25 bits per heavy atom. The van der Waals surface area contributed by atoms with E-state index in [1.165, 1.54) is 12.3 Å². The van der Waals surface area contributed by atoms with Gasteiger partial charge < -0.3 is 19.6 Å². The van der Waals surface area contributed by atoms with Crippen LogP contribution in [0.1, 0.15) is 5.76 Å². The highest BCUT2D eigenvalue weighted by Crippen LogP contribution is 2.29. The average Bonchev–Trinajstić information content (AvgIpc) is 3.16. The topological polar surface area (TPSA) is 87.3 Å². The number of nitrogens with one attached hydrogen (secondary N) is 2. The fourth-order valence-electron chi connectivity index (χ4n) is 2.44. The first kappa shape index (κ1) is 15.8. The molecular formula is C17H18N4O3. The van der Waals surface area contributed by atoms with Crippen molar-refractivity contribution >= 4 is 17.2 Å². The molecular weight excluding hydrogens is 308 g/mol. The zero-order chi connectivity index (χ0) is 17.1. The van der Waals surface area contributed by atoms with Crippen LogP contribution >= 0.6 is 0 Å². The quantitative estimate of drug-likeness (QED) is 0.528. The smallest absolute Gasteiger partial charge is 0.311 e. The summed E-state index contributed by atoms with van der Waals surface area (Å²) in [6.07, 6.45) is 1.53. The number of rotatable bonds is 6. The third-order valence-electron chi connectivity index (χ3n) is 3.47. The Hall–Kier alpha value is -3.06. The van der Waals surface area contributed by atoms with Gasteiger partial charge in [-0.05, 0) is 38.4 Å². The summed E-state index contributed by atoms with van der Waals surface area (Å²) in [7, 11) is 3.96. The van der Waals surface area contributed by atoms with Crippen LogP contribution in [-0.2, 0) is 6.54 Å². The van der Waals surface area contributed by atoms with Gasteiger partial charge in [-0.1, -0.05) is 12.1 Å². The molecule has 7 heteroatoms. The molecule has 0 bridgehead atoms. The van der Waals surface area contributed by atoms with Gasteiger partial charge >= 0.3 is 5.69 Å². The molecule has 7 nitrogen and oxygen atoms in total. The van der Waals surface area contributed by atoms with Crippen LogP contribution < -0.4 is 5.32 Å². The Balaban J connectivity index is 1.82. The molecule has 24 heavy (non-hydrogen) atoms. The summed E-state index contributed by atoms with van der Waals surface area (Å²) in [5.41, 5.74) is 1.65. The Morgan fingerprint density at radius 2 is 2.08 bits per heavy atom. The minimum Gasteiger partial charge on any atom is -0.460 e. The normalized spacial score (nSPS) is 11.0. The van der Waals surface area contributed by atoms with E-state index in [0.29, 0.717) is 5.82 Å². The number of hydrogen-bond donors (Lipinski definition) is 2. The monoisotopic (exact) mass is 326 g/mol. The van der Waals surface area contributed by atoms with E-state index in [0.717, 1.165) is 29.3 Å². The van der Waals surface area contributed by atoms with Crippen LogP contribution in [0.5, 0.6) is 0 Å². The molecule has 3 aromatic rings. The second kappa shape index (κ2) is 6.59. The zero-order valence-electron chi connectivity index (χ0n) is 13.4. The van der Waals surface area contributed by atoms with Gasteiger partial charge in [-0.3, -0.25) is 10.1 Å². The fraction of sp³-hybridized carbons (Fsp3) is 0.176. The summed E-state index contributed by atoms with van der Waals surface area (Å²) in [6, 6.07) is 12.8. The first-order chi connectivity index (χ1) is 11.5. The molecule has 0 aliphatic carbocycles.